The van der Waals surface area contributed by atoms with Crippen LogP contribution < -0.4 is 5.32 Å². The maximum atomic E-state index is 13.5. The maximum Gasteiger partial charge on any atom is 0.196 e. The number of halogens is 3. The Kier molecular flexibility index (Phi) is 4.11. The van der Waals surface area contributed by atoms with Gasteiger partial charge in [-0.1, -0.05) is 0 Å². The summed E-state index contributed by atoms with van der Waals surface area (Å²) in [7, 11) is 1.67. The highest BCUT2D eigenvalue weighted by atomic mass is 19.2. The van der Waals surface area contributed by atoms with Gasteiger partial charge in [-0.05, 0) is 37.8 Å². The van der Waals surface area contributed by atoms with E-state index in [0.29, 0.717) is 0 Å². The number of hydrogen-bond acceptors (Lipinski definition) is 2. The lowest BCUT2D eigenvalue weighted by Crippen LogP contribution is -2.29. The lowest BCUT2D eigenvalue weighted by molar-refractivity contribution is 0.0681. The molecule has 0 heterocycles. The lowest BCUT2D eigenvalue weighted by Gasteiger charge is -2.29. The number of rotatable bonds is 3. The summed E-state index contributed by atoms with van der Waals surface area (Å²) in [5.41, 5.74) is 0.0229. The first-order valence-corrected chi connectivity index (χ1v) is 6.04. The van der Waals surface area contributed by atoms with E-state index in [1.54, 1.807) is 7.11 Å². The summed E-state index contributed by atoms with van der Waals surface area (Å²) in [5, 5.41) is 2.92. The average Bonchev–Trinajstić information content (AvgIpc) is 2.40. The van der Waals surface area contributed by atoms with Crippen molar-refractivity contribution in [3.63, 3.8) is 0 Å². The topological polar surface area (TPSA) is 21.3 Å². The molecule has 1 aliphatic carbocycles. The summed E-state index contributed by atoms with van der Waals surface area (Å²) in [6.07, 6.45) is 3.69. The molecule has 0 amide bonds. The van der Waals surface area contributed by atoms with E-state index in [2.05, 4.69) is 5.32 Å². The van der Waals surface area contributed by atoms with Gasteiger partial charge in [-0.25, -0.2) is 13.2 Å². The van der Waals surface area contributed by atoms with Crippen molar-refractivity contribution in [2.24, 2.45) is 0 Å². The molecule has 5 heteroatoms. The quantitative estimate of drug-likeness (QED) is 0.839. The molecule has 0 aromatic heterocycles. The molecule has 100 valence electrons. The van der Waals surface area contributed by atoms with Crippen molar-refractivity contribution in [2.75, 3.05) is 12.4 Å². The molecule has 0 unspecified atom stereocenters. The summed E-state index contributed by atoms with van der Waals surface area (Å²) in [4.78, 5) is 0. The van der Waals surface area contributed by atoms with Crippen molar-refractivity contribution in [3.05, 3.63) is 29.6 Å². The van der Waals surface area contributed by atoms with Crippen LogP contribution in [0.2, 0.25) is 0 Å². The number of benzene rings is 1. The van der Waals surface area contributed by atoms with Crippen LogP contribution in [0, 0.1) is 17.5 Å². The third-order valence-electron chi connectivity index (χ3n) is 3.40. The standard InChI is InChI=1S/C13H16F3NO/c1-18-9-4-2-8(3-5-9)17-11-7-6-10(14)12(15)13(11)16/h6-9,17H,2-5H2,1H3. The van der Waals surface area contributed by atoms with Crippen LogP contribution in [-0.2, 0) is 4.74 Å². The number of nitrogens with one attached hydrogen (secondary N) is 1. The first-order chi connectivity index (χ1) is 8.61. The Morgan fingerprint density at radius 2 is 1.72 bits per heavy atom. The fourth-order valence-electron chi connectivity index (χ4n) is 2.30. The van der Waals surface area contributed by atoms with Crippen molar-refractivity contribution in [1.82, 2.24) is 0 Å². The fourth-order valence-corrected chi connectivity index (χ4v) is 2.30. The second kappa shape index (κ2) is 5.61. The molecule has 0 aliphatic heterocycles. The van der Waals surface area contributed by atoms with Gasteiger partial charge in [0.05, 0.1) is 11.8 Å². The lowest BCUT2D eigenvalue weighted by atomic mass is 9.93. The first-order valence-electron chi connectivity index (χ1n) is 6.04. The predicted octanol–water partition coefficient (Wildman–Crippen LogP) is 3.47. The maximum absolute atomic E-state index is 13.5. The molecule has 0 radical (unpaired) electrons. The van der Waals surface area contributed by atoms with E-state index in [1.807, 2.05) is 0 Å². The van der Waals surface area contributed by atoms with Gasteiger partial charge >= 0.3 is 0 Å². The molecule has 2 rings (SSSR count). The zero-order chi connectivity index (χ0) is 13.1. The Bertz CT molecular complexity index is 417. The second-order valence-electron chi connectivity index (χ2n) is 4.58. The van der Waals surface area contributed by atoms with E-state index in [4.69, 9.17) is 4.74 Å². The number of hydrogen-bond donors (Lipinski definition) is 1. The summed E-state index contributed by atoms with van der Waals surface area (Å²) in [5.74, 6) is -3.74. The molecule has 1 fully saturated rings. The van der Waals surface area contributed by atoms with Gasteiger partial charge in [0.2, 0.25) is 0 Å². The average molecular weight is 259 g/mol. The third kappa shape index (κ3) is 2.77. The summed E-state index contributed by atoms with van der Waals surface area (Å²) in [6.45, 7) is 0. The number of methoxy groups -OCH3 is 1. The van der Waals surface area contributed by atoms with Crippen molar-refractivity contribution in [2.45, 2.75) is 37.8 Å². The van der Waals surface area contributed by atoms with Crippen LogP contribution in [0.5, 0.6) is 0 Å². The zero-order valence-electron chi connectivity index (χ0n) is 10.2. The van der Waals surface area contributed by atoms with Gasteiger partial charge in [-0.15, -0.1) is 0 Å². The van der Waals surface area contributed by atoms with Crippen LogP contribution in [0.1, 0.15) is 25.7 Å². The minimum atomic E-state index is -1.43. The van der Waals surface area contributed by atoms with Gasteiger partial charge < -0.3 is 10.1 Å². The Hall–Kier alpha value is -1.23. The Morgan fingerprint density at radius 1 is 1.06 bits per heavy atom. The minimum Gasteiger partial charge on any atom is -0.381 e. The van der Waals surface area contributed by atoms with E-state index in [1.165, 1.54) is 6.07 Å². The van der Waals surface area contributed by atoms with Crippen LogP contribution in [0.3, 0.4) is 0 Å². The monoisotopic (exact) mass is 259 g/mol. The Labute approximate surface area is 104 Å². The van der Waals surface area contributed by atoms with Gasteiger partial charge in [0, 0.05) is 13.2 Å². The fraction of sp³-hybridized carbons (Fsp3) is 0.538. The molecular weight excluding hydrogens is 243 g/mol. The van der Waals surface area contributed by atoms with E-state index in [-0.39, 0.29) is 17.8 Å². The molecule has 0 spiro atoms. The highest BCUT2D eigenvalue weighted by molar-refractivity contribution is 5.46. The molecule has 2 nitrogen and oxygen atoms in total. The van der Waals surface area contributed by atoms with E-state index < -0.39 is 17.5 Å². The van der Waals surface area contributed by atoms with Gasteiger partial charge in [0.15, 0.2) is 17.5 Å². The number of anilines is 1. The van der Waals surface area contributed by atoms with Crippen LogP contribution in [0.25, 0.3) is 0 Å². The molecule has 1 saturated carbocycles. The molecule has 18 heavy (non-hydrogen) atoms. The summed E-state index contributed by atoms with van der Waals surface area (Å²) < 4.78 is 44.5. The zero-order valence-corrected chi connectivity index (χ0v) is 10.2. The van der Waals surface area contributed by atoms with Crippen LogP contribution >= 0.6 is 0 Å². The number of ether oxygens (including phenoxy) is 1. The van der Waals surface area contributed by atoms with Crippen LogP contribution in [0.4, 0.5) is 18.9 Å². The SMILES string of the molecule is COC1CCC(Nc2ccc(F)c(F)c2F)CC1. The van der Waals surface area contributed by atoms with Crippen LogP contribution in [0.15, 0.2) is 12.1 Å². The van der Waals surface area contributed by atoms with Gasteiger partial charge in [0.25, 0.3) is 0 Å². The van der Waals surface area contributed by atoms with E-state index in [0.717, 1.165) is 31.7 Å². The Balaban J connectivity index is 2.00. The molecule has 0 saturated heterocycles. The van der Waals surface area contributed by atoms with Crippen molar-refractivity contribution in [3.8, 4) is 0 Å². The summed E-state index contributed by atoms with van der Waals surface area (Å²) >= 11 is 0. The summed E-state index contributed by atoms with van der Waals surface area (Å²) in [6, 6.07) is 2.24. The highest BCUT2D eigenvalue weighted by Crippen LogP contribution is 2.26. The van der Waals surface area contributed by atoms with Crippen molar-refractivity contribution >= 4 is 5.69 Å². The van der Waals surface area contributed by atoms with Crippen molar-refractivity contribution in [1.29, 1.82) is 0 Å². The second-order valence-corrected chi connectivity index (χ2v) is 4.58. The Morgan fingerprint density at radius 3 is 2.33 bits per heavy atom. The molecule has 1 aliphatic rings. The van der Waals surface area contributed by atoms with Gasteiger partial charge in [0.1, 0.15) is 0 Å². The predicted molar refractivity (Wildman–Crippen MR) is 63.0 cm³/mol. The van der Waals surface area contributed by atoms with Gasteiger partial charge in [-0.2, -0.15) is 0 Å². The third-order valence-corrected chi connectivity index (χ3v) is 3.40. The highest BCUT2D eigenvalue weighted by Gasteiger charge is 2.22. The molecule has 0 atom stereocenters. The van der Waals surface area contributed by atoms with Crippen LogP contribution in [-0.4, -0.2) is 19.3 Å². The molecule has 1 aromatic carbocycles. The molecule has 0 bridgehead atoms. The smallest absolute Gasteiger partial charge is 0.196 e. The normalized spacial score (nSPS) is 24.0. The molecule has 1 aromatic rings. The molecular formula is C13H16F3NO. The molecule has 1 N–H and O–H groups in total. The van der Waals surface area contributed by atoms with E-state index in [9.17, 15) is 13.2 Å². The largest absolute Gasteiger partial charge is 0.381 e. The van der Waals surface area contributed by atoms with Gasteiger partial charge in [-0.3, -0.25) is 0 Å². The van der Waals surface area contributed by atoms with Crippen molar-refractivity contribution < 1.29 is 17.9 Å². The van der Waals surface area contributed by atoms with E-state index >= 15 is 0 Å². The first kappa shape index (κ1) is 13.2. The minimum absolute atomic E-state index is 0.0229.